The Hall–Kier alpha value is -2.40. The molecule has 0 radical (unpaired) electrons. The second-order valence-electron chi connectivity index (χ2n) is 11.3. The lowest BCUT2D eigenvalue weighted by Crippen LogP contribution is -2.35. The molecule has 5 heteroatoms. The lowest BCUT2D eigenvalue weighted by atomic mass is 9.60. The average Bonchev–Trinajstić information content (AvgIpc) is 3.43. The standard InChI is InChI=1S/C34H48N2O2S/c1-5-6-7-10-22-39-23-19-27-25-35-36(26-27)21-9-8-11-33-32-17-16-31(38-4)24-28(32)18-20-34(33,2)29-12-14-30(37-3)15-13-29/h12-17,24-26,33H,5-11,18-23H2,1-4H3. The zero-order valence-corrected chi connectivity index (χ0v) is 25.4. The number of rotatable bonds is 16. The predicted molar refractivity (Wildman–Crippen MR) is 166 cm³/mol. The third-order valence-corrected chi connectivity index (χ3v) is 9.72. The molecule has 2 unspecified atom stereocenters. The monoisotopic (exact) mass is 548 g/mol. The van der Waals surface area contributed by atoms with Gasteiger partial charge in [-0.15, -0.1) is 0 Å². The molecule has 0 spiro atoms. The first-order valence-electron chi connectivity index (χ1n) is 15.0. The summed E-state index contributed by atoms with van der Waals surface area (Å²) in [6, 6.07) is 15.5. The van der Waals surface area contributed by atoms with E-state index in [1.165, 1.54) is 72.3 Å². The Labute approximate surface area is 240 Å². The van der Waals surface area contributed by atoms with Crippen molar-refractivity contribution in [1.29, 1.82) is 0 Å². The largest absolute Gasteiger partial charge is 0.497 e. The molecule has 1 aromatic heterocycles. The van der Waals surface area contributed by atoms with Crippen molar-refractivity contribution >= 4 is 11.8 Å². The van der Waals surface area contributed by atoms with Crippen LogP contribution in [0.4, 0.5) is 0 Å². The van der Waals surface area contributed by atoms with Gasteiger partial charge in [-0.2, -0.15) is 16.9 Å². The molecule has 0 saturated heterocycles. The van der Waals surface area contributed by atoms with Crippen LogP contribution < -0.4 is 9.47 Å². The van der Waals surface area contributed by atoms with E-state index in [0.29, 0.717) is 5.92 Å². The molecule has 2 aromatic carbocycles. The van der Waals surface area contributed by atoms with Gasteiger partial charge in [0.1, 0.15) is 11.5 Å². The highest BCUT2D eigenvalue weighted by Crippen LogP contribution is 2.50. The molecule has 4 rings (SSSR count). The highest BCUT2D eigenvalue weighted by Gasteiger charge is 2.40. The van der Waals surface area contributed by atoms with Crippen molar-refractivity contribution in [3.63, 3.8) is 0 Å². The number of nitrogens with zero attached hydrogens (tertiary/aromatic N) is 2. The highest BCUT2D eigenvalue weighted by molar-refractivity contribution is 7.99. The van der Waals surface area contributed by atoms with Crippen LogP contribution in [-0.2, 0) is 24.8 Å². The van der Waals surface area contributed by atoms with Gasteiger partial charge in [-0.05, 0) is 108 Å². The second kappa shape index (κ2) is 14.8. The normalized spacial score (nSPS) is 18.6. The van der Waals surface area contributed by atoms with Gasteiger partial charge in [0, 0.05) is 12.7 Å². The van der Waals surface area contributed by atoms with Gasteiger partial charge in [-0.1, -0.05) is 57.7 Å². The molecule has 39 heavy (non-hydrogen) atoms. The van der Waals surface area contributed by atoms with Crippen LogP contribution in [0.15, 0.2) is 54.9 Å². The first-order valence-corrected chi connectivity index (χ1v) is 16.1. The third kappa shape index (κ3) is 7.84. The van der Waals surface area contributed by atoms with E-state index >= 15 is 0 Å². The van der Waals surface area contributed by atoms with Crippen molar-refractivity contribution in [1.82, 2.24) is 9.78 Å². The number of fused-ring (bicyclic) bond motifs is 1. The number of aryl methyl sites for hydroxylation is 3. The van der Waals surface area contributed by atoms with Crippen molar-refractivity contribution in [2.45, 2.75) is 95.9 Å². The Kier molecular flexibility index (Phi) is 11.3. The van der Waals surface area contributed by atoms with Gasteiger partial charge in [-0.25, -0.2) is 0 Å². The zero-order valence-electron chi connectivity index (χ0n) is 24.6. The van der Waals surface area contributed by atoms with Gasteiger partial charge in [-0.3, -0.25) is 4.68 Å². The van der Waals surface area contributed by atoms with E-state index in [0.717, 1.165) is 43.7 Å². The Bertz CT molecular complexity index is 1140. The minimum absolute atomic E-state index is 0.0982. The van der Waals surface area contributed by atoms with Crippen LogP contribution in [0.5, 0.6) is 11.5 Å². The summed E-state index contributed by atoms with van der Waals surface area (Å²) in [5, 5.41) is 4.67. The van der Waals surface area contributed by atoms with Crippen molar-refractivity contribution in [2.24, 2.45) is 0 Å². The predicted octanol–water partition coefficient (Wildman–Crippen LogP) is 8.61. The zero-order chi connectivity index (χ0) is 27.5. The van der Waals surface area contributed by atoms with Crippen LogP contribution in [0.3, 0.4) is 0 Å². The Morgan fingerprint density at radius 1 is 0.949 bits per heavy atom. The molecule has 4 nitrogen and oxygen atoms in total. The van der Waals surface area contributed by atoms with Crippen molar-refractivity contribution in [2.75, 3.05) is 25.7 Å². The summed E-state index contributed by atoms with van der Waals surface area (Å²) >= 11 is 2.09. The lowest BCUT2D eigenvalue weighted by molar-refractivity contribution is 0.302. The fraction of sp³-hybridized carbons (Fsp3) is 0.559. The number of ether oxygens (including phenoxy) is 2. The maximum absolute atomic E-state index is 5.55. The van der Waals surface area contributed by atoms with Gasteiger partial charge in [0.05, 0.1) is 20.4 Å². The molecule has 0 bridgehead atoms. The van der Waals surface area contributed by atoms with Gasteiger partial charge < -0.3 is 9.47 Å². The summed E-state index contributed by atoms with van der Waals surface area (Å²) in [5.74, 6) is 4.85. The molecule has 3 aromatic rings. The molecule has 0 N–H and O–H groups in total. The van der Waals surface area contributed by atoms with Crippen LogP contribution in [0, 0.1) is 0 Å². The highest BCUT2D eigenvalue weighted by atomic mass is 32.2. The fourth-order valence-electron chi connectivity index (χ4n) is 6.17. The summed E-state index contributed by atoms with van der Waals surface area (Å²) in [5.41, 5.74) is 5.83. The summed E-state index contributed by atoms with van der Waals surface area (Å²) in [6.07, 6.45) is 16.6. The average molecular weight is 549 g/mol. The Morgan fingerprint density at radius 2 is 1.74 bits per heavy atom. The second-order valence-corrected chi connectivity index (χ2v) is 12.5. The molecule has 1 heterocycles. The summed E-state index contributed by atoms with van der Waals surface area (Å²) < 4.78 is 13.2. The van der Waals surface area contributed by atoms with Gasteiger partial charge >= 0.3 is 0 Å². The topological polar surface area (TPSA) is 36.3 Å². The molecule has 0 aliphatic heterocycles. The minimum atomic E-state index is 0.0982. The number of hydrogen-bond donors (Lipinski definition) is 0. The Morgan fingerprint density at radius 3 is 2.51 bits per heavy atom. The van der Waals surface area contributed by atoms with E-state index in [9.17, 15) is 0 Å². The molecule has 0 fully saturated rings. The van der Waals surface area contributed by atoms with E-state index in [1.54, 1.807) is 14.2 Å². The van der Waals surface area contributed by atoms with Crippen LogP contribution >= 0.6 is 11.8 Å². The molecular weight excluding hydrogens is 500 g/mol. The fourth-order valence-corrected chi connectivity index (χ4v) is 7.16. The lowest BCUT2D eigenvalue weighted by Gasteiger charge is -2.44. The molecule has 0 amide bonds. The number of aromatic nitrogens is 2. The molecule has 2 atom stereocenters. The van der Waals surface area contributed by atoms with Crippen molar-refractivity contribution in [3.05, 3.63) is 77.1 Å². The van der Waals surface area contributed by atoms with Crippen LogP contribution in [0.25, 0.3) is 0 Å². The van der Waals surface area contributed by atoms with E-state index in [2.05, 4.69) is 90.2 Å². The first-order chi connectivity index (χ1) is 19.1. The van der Waals surface area contributed by atoms with Gasteiger partial charge in [0.2, 0.25) is 0 Å². The van der Waals surface area contributed by atoms with E-state index < -0.39 is 0 Å². The third-order valence-electron chi connectivity index (χ3n) is 8.65. The number of thioether (sulfide) groups is 1. The molecule has 1 aliphatic rings. The van der Waals surface area contributed by atoms with Crippen molar-refractivity contribution < 1.29 is 9.47 Å². The maximum atomic E-state index is 5.55. The molecule has 212 valence electrons. The summed E-state index contributed by atoms with van der Waals surface area (Å²) in [4.78, 5) is 0. The molecule has 1 aliphatic carbocycles. The van der Waals surface area contributed by atoms with Crippen LogP contribution in [0.2, 0.25) is 0 Å². The van der Waals surface area contributed by atoms with E-state index in [4.69, 9.17) is 9.47 Å². The molecular formula is C34H48N2O2S. The maximum Gasteiger partial charge on any atom is 0.119 e. The van der Waals surface area contributed by atoms with Gasteiger partial charge in [0.25, 0.3) is 0 Å². The SMILES string of the molecule is CCCCCCSCCc1cnn(CCCCC2c3ccc(OC)cc3CCC2(C)c2ccc(OC)cc2)c1. The number of methoxy groups -OCH3 is 2. The molecule has 0 saturated carbocycles. The minimum Gasteiger partial charge on any atom is -0.497 e. The van der Waals surface area contributed by atoms with Crippen LogP contribution in [0.1, 0.15) is 93.4 Å². The number of unbranched alkanes of at least 4 members (excludes halogenated alkanes) is 4. The quantitative estimate of drug-likeness (QED) is 0.168. The number of hydrogen-bond acceptors (Lipinski definition) is 4. The van der Waals surface area contributed by atoms with E-state index in [-0.39, 0.29) is 5.41 Å². The first kappa shape index (κ1) is 29.6. The Balaban J connectivity index is 1.34. The van der Waals surface area contributed by atoms with E-state index in [1.807, 2.05) is 0 Å². The smallest absolute Gasteiger partial charge is 0.119 e. The van der Waals surface area contributed by atoms with Crippen molar-refractivity contribution in [3.8, 4) is 11.5 Å². The summed E-state index contributed by atoms with van der Waals surface area (Å²) in [6.45, 7) is 5.73. The van der Waals surface area contributed by atoms with Crippen LogP contribution in [-0.4, -0.2) is 35.5 Å². The summed E-state index contributed by atoms with van der Waals surface area (Å²) in [7, 11) is 3.50. The number of benzene rings is 2. The van der Waals surface area contributed by atoms with Gasteiger partial charge in [0.15, 0.2) is 0 Å².